The largest absolute Gasteiger partial charge is 0.508 e. The van der Waals surface area contributed by atoms with Crippen molar-refractivity contribution in [3.63, 3.8) is 0 Å². The average molecular weight is 750 g/mol. The maximum atomic E-state index is 14.6. The van der Waals surface area contributed by atoms with Gasteiger partial charge in [-0.1, -0.05) is 18.2 Å². The lowest BCUT2D eigenvalue weighted by Crippen LogP contribution is -2.43. The van der Waals surface area contributed by atoms with Crippen molar-refractivity contribution in [3.05, 3.63) is 108 Å². The highest BCUT2D eigenvalue weighted by Gasteiger charge is 2.41. The maximum Gasteiger partial charge on any atom is 0.243 e. The topological polar surface area (TPSA) is 123 Å². The number of phenolic OH excluding ortho intramolecular Hbond substituents is 1. The Balaban J connectivity index is 1.05. The number of amides is 2. The van der Waals surface area contributed by atoms with Crippen molar-refractivity contribution in [2.75, 3.05) is 32.6 Å². The molecule has 1 fully saturated rings. The number of benzene rings is 2. The minimum atomic E-state index is -0.984. The first-order chi connectivity index (χ1) is 26.4. The second kappa shape index (κ2) is 16.1. The Kier molecular flexibility index (Phi) is 11.0. The molecule has 3 aromatic heterocycles. The second-order valence-corrected chi connectivity index (χ2v) is 15.0. The number of ketones is 1. The van der Waals surface area contributed by atoms with Crippen LogP contribution in [-0.4, -0.2) is 80.6 Å². The molecule has 55 heavy (non-hydrogen) atoms. The highest BCUT2D eigenvalue weighted by molar-refractivity contribution is 6.23. The number of nitrogens with one attached hydrogen (secondary N) is 1. The summed E-state index contributed by atoms with van der Waals surface area (Å²) >= 11 is 0. The van der Waals surface area contributed by atoms with Crippen molar-refractivity contribution >= 4 is 34.8 Å². The average Bonchev–Trinajstić information content (AvgIpc) is 3.57. The first-order valence-electron chi connectivity index (χ1n) is 18.6. The molecule has 1 aliphatic carbocycles. The van der Waals surface area contributed by atoms with Crippen LogP contribution < -0.4 is 10.2 Å². The number of Topliss-reactive ketones (excluding diaryl/α,β-unsaturated/α-hetero) is 1. The third-order valence-electron chi connectivity index (χ3n) is 10.7. The molecule has 5 aromatic rings. The van der Waals surface area contributed by atoms with E-state index in [1.807, 2.05) is 36.3 Å². The van der Waals surface area contributed by atoms with Crippen LogP contribution in [0.25, 0.3) is 16.8 Å². The Morgan fingerprint density at radius 1 is 0.927 bits per heavy atom. The van der Waals surface area contributed by atoms with Crippen LogP contribution >= 0.6 is 0 Å². The fraction of sp³-hybridized carbons (Fsp3) is 0.357. The monoisotopic (exact) mass is 749 g/mol. The van der Waals surface area contributed by atoms with Crippen molar-refractivity contribution < 1.29 is 28.3 Å². The molecule has 1 saturated carbocycles. The number of pyridine rings is 2. The molecule has 0 radical (unpaired) electrons. The number of nitrogens with zero attached hydrogens (tertiary/aromatic N) is 6. The summed E-state index contributed by atoms with van der Waals surface area (Å²) in [4.78, 5) is 54.1. The smallest absolute Gasteiger partial charge is 0.243 e. The predicted octanol–water partition coefficient (Wildman–Crippen LogP) is 6.51. The standard InChI is InChI=1S/C42H45F2N7O4/c1-48(2)39(53)25-49(3)22-28-18-34(52)13-15-35(28)27-5-4-6-33(17-27)51-41-37(19-30(44)20-46-41)40(54)36(42(51)55)14-9-26-7-11-31(12-8-26)45-21-32-24-50-23-29(43)10-16-38(50)47-32/h4-6,10,13,15-20,23-24,26,31,36,45,52H,7-9,11-12,14,21-22,25H2,1-3H3. The molecule has 2 aromatic carbocycles. The number of carbonyl (C=O) groups is 3. The fourth-order valence-electron chi connectivity index (χ4n) is 7.79. The highest BCUT2D eigenvalue weighted by Crippen LogP contribution is 2.40. The van der Waals surface area contributed by atoms with Crippen molar-refractivity contribution in [3.8, 4) is 16.9 Å². The molecule has 2 aliphatic rings. The number of rotatable bonds is 12. The quantitative estimate of drug-likeness (QED) is 0.139. The van der Waals surface area contributed by atoms with Crippen molar-refractivity contribution in [1.82, 2.24) is 29.5 Å². The van der Waals surface area contributed by atoms with Gasteiger partial charge in [0.05, 0.1) is 29.7 Å². The van der Waals surface area contributed by atoms with E-state index in [2.05, 4.69) is 15.3 Å². The molecule has 2 N–H and O–H groups in total. The van der Waals surface area contributed by atoms with E-state index in [1.165, 1.54) is 28.1 Å². The zero-order chi connectivity index (χ0) is 38.8. The summed E-state index contributed by atoms with van der Waals surface area (Å²) in [7, 11) is 5.23. The number of phenols is 1. The number of hydrogen-bond acceptors (Lipinski definition) is 8. The number of aromatic nitrogens is 3. The summed E-state index contributed by atoms with van der Waals surface area (Å²) in [6.45, 7) is 1.14. The SMILES string of the molecule is CN(CC(=O)N(C)C)Cc1cc(O)ccc1-c1cccc(N2C(=O)C(CCC3CCC(NCc4cn5cc(F)ccc5n4)CC3)C(=O)c3cc(F)cnc32)c1. The van der Waals surface area contributed by atoms with Crippen LogP contribution in [0.5, 0.6) is 5.75 Å². The van der Waals surface area contributed by atoms with E-state index in [9.17, 15) is 28.3 Å². The van der Waals surface area contributed by atoms with Gasteiger partial charge in [-0.2, -0.15) is 0 Å². The van der Waals surface area contributed by atoms with Crippen LogP contribution in [0.2, 0.25) is 0 Å². The Hall–Kier alpha value is -5.53. The van der Waals surface area contributed by atoms with Gasteiger partial charge in [0.2, 0.25) is 11.8 Å². The minimum absolute atomic E-state index is 0.0535. The van der Waals surface area contributed by atoms with Crippen LogP contribution in [0.4, 0.5) is 20.3 Å². The van der Waals surface area contributed by atoms with Gasteiger partial charge in [-0.25, -0.2) is 18.7 Å². The van der Waals surface area contributed by atoms with Gasteiger partial charge >= 0.3 is 0 Å². The third kappa shape index (κ3) is 8.42. The molecular weight excluding hydrogens is 705 g/mol. The number of aromatic hydroxyl groups is 1. The van der Waals surface area contributed by atoms with Gasteiger partial charge in [0.1, 0.15) is 28.9 Å². The fourth-order valence-corrected chi connectivity index (χ4v) is 7.79. The maximum absolute atomic E-state index is 14.6. The minimum Gasteiger partial charge on any atom is -0.508 e. The number of halogens is 2. The molecule has 0 saturated heterocycles. The zero-order valence-electron chi connectivity index (χ0n) is 31.2. The van der Waals surface area contributed by atoms with E-state index in [-0.39, 0.29) is 35.4 Å². The van der Waals surface area contributed by atoms with Gasteiger partial charge in [0.15, 0.2) is 11.6 Å². The first kappa shape index (κ1) is 37.8. The summed E-state index contributed by atoms with van der Waals surface area (Å²) in [5.74, 6) is -2.31. The van der Waals surface area contributed by atoms with Gasteiger partial charge in [-0.3, -0.25) is 24.2 Å². The summed E-state index contributed by atoms with van der Waals surface area (Å²) in [5, 5.41) is 13.9. The van der Waals surface area contributed by atoms with Gasteiger partial charge in [-0.15, -0.1) is 0 Å². The molecule has 286 valence electrons. The Bertz CT molecular complexity index is 2230. The van der Waals surface area contributed by atoms with E-state index >= 15 is 0 Å². The second-order valence-electron chi connectivity index (χ2n) is 15.0. The molecule has 11 nitrogen and oxygen atoms in total. The number of anilines is 2. The molecule has 0 spiro atoms. The van der Waals surface area contributed by atoms with Gasteiger partial charge in [0.25, 0.3) is 0 Å². The summed E-state index contributed by atoms with van der Waals surface area (Å²) in [6.07, 6.45) is 9.04. The first-order valence-corrected chi connectivity index (χ1v) is 18.6. The summed E-state index contributed by atoms with van der Waals surface area (Å²) in [5.41, 5.74) is 4.43. The molecule has 2 amide bonds. The van der Waals surface area contributed by atoms with Crippen LogP contribution in [0.15, 0.2) is 79.3 Å². The van der Waals surface area contributed by atoms with Crippen LogP contribution in [-0.2, 0) is 22.7 Å². The van der Waals surface area contributed by atoms with E-state index in [0.717, 1.165) is 54.3 Å². The van der Waals surface area contributed by atoms with E-state index in [1.54, 1.807) is 48.8 Å². The molecule has 1 unspecified atom stereocenters. The zero-order valence-corrected chi connectivity index (χ0v) is 31.2. The van der Waals surface area contributed by atoms with Gasteiger partial charge in [-0.05, 0) is 111 Å². The lowest BCUT2D eigenvalue weighted by molar-refractivity contribution is -0.129. The molecular formula is C42H45F2N7O4. The van der Waals surface area contributed by atoms with Crippen LogP contribution in [0.1, 0.15) is 60.1 Å². The number of imidazole rings is 1. The Morgan fingerprint density at radius 2 is 1.73 bits per heavy atom. The number of likely N-dealkylation sites (N-methyl/N-ethyl adjacent to an activating group) is 2. The molecule has 0 bridgehead atoms. The summed E-state index contributed by atoms with van der Waals surface area (Å²) in [6, 6.07) is 16.9. The lowest BCUT2D eigenvalue weighted by Gasteiger charge is -2.34. The normalized spacial score (nSPS) is 18.6. The molecule has 13 heteroatoms. The number of fused-ring (bicyclic) bond motifs is 2. The van der Waals surface area contributed by atoms with Gasteiger partial charge < -0.3 is 19.7 Å². The van der Waals surface area contributed by atoms with Crippen LogP contribution in [0.3, 0.4) is 0 Å². The highest BCUT2D eigenvalue weighted by atomic mass is 19.1. The summed E-state index contributed by atoms with van der Waals surface area (Å²) < 4.78 is 29.9. The third-order valence-corrected chi connectivity index (χ3v) is 10.7. The van der Waals surface area contributed by atoms with E-state index in [4.69, 9.17) is 0 Å². The molecule has 4 heterocycles. The van der Waals surface area contributed by atoms with Gasteiger partial charge in [0, 0.05) is 45.6 Å². The predicted molar refractivity (Wildman–Crippen MR) is 205 cm³/mol. The molecule has 7 rings (SSSR count). The molecule has 1 atom stereocenters. The Labute approximate surface area is 318 Å². The van der Waals surface area contributed by atoms with Crippen molar-refractivity contribution in [2.24, 2.45) is 11.8 Å². The lowest BCUT2D eigenvalue weighted by atomic mass is 9.79. The molecule has 1 aliphatic heterocycles. The number of carbonyl (C=O) groups excluding carboxylic acids is 3. The van der Waals surface area contributed by atoms with E-state index in [0.29, 0.717) is 49.2 Å². The van der Waals surface area contributed by atoms with Crippen molar-refractivity contribution in [1.29, 1.82) is 0 Å². The van der Waals surface area contributed by atoms with Crippen LogP contribution in [0, 0.1) is 23.5 Å². The number of hydrogen-bond donors (Lipinski definition) is 2. The van der Waals surface area contributed by atoms with E-state index < -0.39 is 23.4 Å². The Morgan fingerprint density at radius 3 is 2.51 bits per heavy atom. The van der Waals surface area contributed by atoms with Crippen molar-refractivity contribution in [2.45, 2.75) is 57.7 Å².